The predicted octanol–water partition coefficient (Wildman–Crippen LogP) is 7.21. The monoisotopic (exact) mass is 621 g/mol. The standard InChI is InChI=1S/C37H36ClN3O4/c1-45-33-22-26(17-19-29(33)25-13-7-3-8-14-25)34(36(43)39-28-15-9-4-10-16-28)41-32(21-24-11-5-2-6-12-24)35(42)40-31-23-27(38)18-20-30(31)37(41)44/h2-3,5-8,11-14,17-20,22-23,28,32,34H,4,9-10,15-16,21H2,1H3,(H,39,43)(H,40,42). The van der Waals surface area contributed by atoms with Crippen LogP contribution >= 0.6 is 11.6 Å². The Balaban J connectivity index is 1.50. The zero-order chi connectivity index (χ0) is 31.3. The van der Waals surface area contributed by atoms with Crippen LogP contribution in [0.25, 0.3) is 11.1 Å². The van der Waals surface area contributed by atoms with Gasteiger partial charge in [-0.2, -0.15) is 0 Å². The first kappa shape index (κ1) is 30.4. The number of amides is 3. The van der Waals surface area contributed by atoms with Crippen molar-refractivity contribution in [1.29, 1.82) is 0 Å². The normalized spacial score (nSPS) is 17.6. The Morgan fingerprint density at radius 1 is 0.911 bits per heavy atom. The van der Waals surface area contributed by atoms with Gasteiger partial charge < -0.3 is 20.3 Å². The summed E-state index contributed by atoms with van der Waals surface area (Å²) in [5.74, 6) is -0.590. The number of halogens is 1. The summed E-state index contributed by atoms with van der Waals surface area (Å²) in [5.41, 5.74) is 3.82. The van der Waals surface area contributed by atoms with Crippen LogP contribution in [0.3, 0.4) is 0 Å². The average molecular weight is 622 g/mol. The molecule has 6 rings (SSSR count). The lowest BCUT2D eigenvalue weighted by molar-refractivity contribution is -0.129. The molecule has 2 unspecified atom stereocenters. The number of methoxy groups -OCH3 is 1. The number of fused-ring (bicyclic) bond motifs is 1. The molecule has 0 aromatic heterocycles. The summed E-state index contributed by atoms with van der Waals surface area (Å²) in [7, 11) is 1.59. The van der Waals surface area contributed by atoms with Gasteiger partial charge in [0.15, 0.2) is 0 Å². The highest BCUT2D eigenvalue weighted by atomic mass is 35.5. The zero-order valence-corrected chi connectivity index (χ0v) is 25.9. The number of ether oxygens (including phenoxy) is 1. The third-order valence-electron chi connectivity index (χ3n) is 8.72. The van der Waals surface area contributed by atoms with Crippen LogP contribution in [-0.4, -0.2) is 41.8 Å². The molecule has 7 nitrogen and oxygen atoms in total. The summed E-state index contributed by atoms with van der Waals surface area (Å²) < 4.78 is 5.84. The lowest BCUT2D eigenvalue weighted by Crippen LogP contribution is -2.53. The molecule has 4 aromatic carbocycles. The van der Waals surface area contributed by atoms with Crippen molar-refractivity contribution >= 4 is 35.0 Å². The van der Waals surface area contributed by atoms with Crippen molar-refractivity contribution < 1.29 is 19.1 Å². The number of nitrogens with one attached hydrogen (secondary N) is 2. The summed E-state index contributed by atoms with van der Waals surface area (Å²) >= 11 is 6.29. The van der Waals surface area contributed by atoms with Gasteiger partial charge in [-0.25, -0.2) is 0 Å². The molecule has 230 valence electrons. The van der Waals surface area contributed by atoms with Gasteiger partial charge in [0, 0.05) is 23.0 Å². The van der Waals surface area contributed by atoms with Gasteiger partial charge in [0.2, 0.25) is 11.8 Å². The van der Waals surface area contributed by atoms with Crippen molar-refractivity contribution in [3.8, 4) is 16.9 Å². The van der Waals surface area contributed by atoms with Crippen LogP contribution in [0.1, 0.15) is 59.6 Å². The molecule has 1 saturated carbocycles. The fraction of sp³-hybridized carbons (Fsp3) is 0.270. The number of anilines is 1. The average Bonchev–Trinajstić information content (AvgIpc) is 3.16. The van der Waals surface area contributed by atoms with E-state index in [1.165, 1.54) is 4.90 Å². The molecule has 1 aliphatic carbocycles. The quantitative estimate of drug-likeness (QED) is 0.218. The second kappa shape index (κ2) is 13.6. The predicted molar refractivity (Wildman–Crippen MR) is 176 cm³/mol. The fourth-order valence-electron chi connectivity index (χ4n) is 6.45. The molecule has 1 aliphatic heterocycles. The minimum absolute atomic E-state index is 0.00573. The van der Waals surface area contributed by atoms with Gasteiger partial charge in [-0.15, -0.1) is 0 Å². The molecule has 2 aliphatic rings. The highest BCUT2D eigenvalue weighted by molar-refractivity contribution is 6.31. The number of rotatable bonds is 8. The van der Waals surface area contributed by atoms with Gasteiger partial charge in [0.1, 0.15) is 17.8 Å². The van der Waals surface area contributed by atoms with Crippen molar-refractivity contribution in [3.63, 3.8) is 0 Å². The number of nitrogens with zero attached hydrogens (tertiary/aromatic N) is 1. The molecule has 8 heteroatoms. The Morgan fingerprint density at radius 3 is 2.31 bits per heavy atom. The van der Waals surface area contributed by atoms with Crippen molar-refractivity contribution in [2.75, 3.05) is 12.4 Å². The van der Waals surface area contributed by atoms with Crippen molar-refractivity contribution in [3.05, 3.63) is 119 Å². The van der Waals surface area contributed by atoms with Gasteiger partial charge >= 0.3 is 0 Å². The largest absolute Gasteiger partial charge is 0.496 e. The molecule has 0 radical (unpaired) electrons. The number of hydrogen-bond donors (Lipinski definition) is 2. The maximum Gasteiger partial charge on any atom is 0.257 e. The minimum atomic E-state index is -1.11. The molecule has 2 atom stereocenters. The van der Waals surface area contributed by atoms with E-state index in [9.17, 15) is 14.4 Å². The van der Waals surface area contributed by atoms with Gasteiger partial charge in [-0.1, -0.05) is 104 Å². The second-order valence-corrected chi connectivity index (χ2v) is 12.1. The first-order chi connectivity index (χ1) is 21.9. The van der Waals surface area contributed by atoms with E-state index in [4.69, 9.17) is 16.3 Å². The topological polar surface area (TPSA) is 87.7 Å². The van der Waals surface area contributed by atoms with E-state index < -0.39 is 23.9 Å². The minimum Gasteiger partial charge on any atom is -0.496 e. The van der Waals surface area contributed by atoms with Crippen LogP contribution in [0.5, 0.6) is 5.75 Å². The molecule has 0 spiro atoms. The number of carbonyl (C=O) groups is 3. The van der Waals surface area contributed by atoms with Crippen molar-refractivity contribution in [2.45, 2.75) is 56.7 Å². The molecular weight excluding hydrogens is 586 g/mol. The Hall–Kier alpha value is -4.62. The second-order valence-electron chi connectivity index (χ2n) is 11.7. The van der Waals surface area contributed by atoms with E-state index >= 15 is 0 Å². The van der Waals surface area contributed by atoms with Crippen LogP contribution in [0.15, 0.2) is 97.1 Å². The Morgan fingerprint density at radius 2 is 1.60 bits per heavy atom. The molecule has 45 heavy (non-hydrogen) atoms. The summed E-state index contributed by atoms with van der Waals surface area (Å²) in [4.78, 5) is 44.6. The Kier molecular flexibility index (Phi) is 9.17. The highest BCUT2D eigenvalue weighted by Gasteiger charge is 2.43. The molecule has 3 amide bonds. The first-order valence-electron chi connectivity index (χ1n) is 15.4. The molecule has 1 heterocycles. The van der Waals surface area contributed by atoms with E-state index in [0.29, 0.717) is 22.0 Å². The van der Waals surface area contributed by atoms with E-state index in [1.54, 1.807) is 25.3 Å². The van der Waals surface area contributed by atoms with Gasteiger partial charge in [-0.05, 0) is 53.8 Å². The van der Waals surface area contributed by atoms with Crippen LogP contribution in [0, 0.1) is 0 Å². The third kappa shape index (κ3) is 6.59. The maximum absolute atomic E-state index is 14.6. The molecule has 2 N–H and O–H groups in total. The van der Waals surface area contributed by atoms with Crippen molar-refractivity contribution in [1.82, 2.24) is 10.2 Å². The summed E-state index contributed by atoms with van der Waals surface area (Å²) in [6.07, 6.45) is 5.16. The third-order valence-corrected chi connectivity index (χ3v) is 8.95. The fourth-order valence-corrected chi connectivity index (χ4v) is 6.63. The van der Waals surface area contributed by atoms with Crippen LogP contribution in [0.4, 0.5) is 5.69 Å². The molecule has 0 saturated heterocycles. The number of carbonyl (C=O) groups excluding carboxylic acids is 3. The lowest BCUT2D eigenvalue weighted by Gasteiger charge is -2.37. The number of hydrogen-bond acceptors (Lipinski definition) is 4. The summed E-state index contributed by atoms with van der Waals surface area (Å²) in [5, 5.41) is 6.57. The first-order valence-corrected chi connectivity index (χ1v) is 15.8. The van der Waals surface area contributed by atoms with E-state index in [0.717, 1.165) is 48.8 Å². The van der Waals surface area contributed by atoms with Crippen LogP contribution < -0.4 is 15.4 Å². The maximum atomic E-state index is 14.6. The summed E-state index contributed by atoms with van der Waals surface area (Å²) in [6, 6.07) is 27.6. The smallest absolute Gasteiger partial charge is 0.257 e. The van der Waals surface area contributed by atoms with Crippen LogP contribution in [0.2, 0.25) is 5.02 Å². The SMILES string of the molecule is COc1cc(C(C(=O)NC2CCCCC2)N2C(=O)c3ccc(Cl)cc3NC(=O)C2Cc2ccccc2)ccc1-c1ccccc1. The highest BCUT2D eigenvalue weighted by Crippen LogP contribution is 2.38. The van der Waals surface area contributed by atoms with Gasteiger partial charge in [0.05, 0.1) is 18.4 Å². The Labute approximate surface area is 268 Å². The molecule has 1 fully saturated rings. The summed E-state index contributed by atoms with van der Waals surface area (Å²) in [6.45, 7) is 0. The zero-order valence-electron chi connectivity index (χ0n) is 25.2. The van der Waals surface area contributed by atoms with Gasteiger partial charge in [-0.3, -0.25) is 14.4 Å². The van der Waals surface area contributed by atoms with Crippen LogP contribution in [-0.2, 0) is 16.0 Å². The Bertz CT molecular complexity index is 1690. The molecular formula is C37H36ClN3O4. The van der Waals surface area contributed by atoms with E-state index in [1.807, 2.05) is 78.9 Å². The molecule has 4 aromatic rings. The van der Waals surface area contributed by atoms with Crippen molar-refractivity contribution in [2.24, 2.45) is 0 Å². The number of benzene rings is 4. The lowest BCUT2D eigenvalue weighted by atomic mass is 9.93. The van der Waals surface area contributed by atoms with E-state index in [2.05, 4.69) is 10.6 Å². The van der Waals surface area contributed by atoms with Gasteiger partial charge in [0.25, 0.3) is 5.91 Å². The van der Waals surface area contributed by atoms with E-state index in [-0.39, 0.29) is 23.9 Å². The molecule has 0 bridgehead atoms.